The molecular weight excluding hydrogens is 364 g/mol. The molecule has 3 heterocycles. The molecule has 27 heavy (non-hydrogen) atoms. The third kappa shape index (κ3) is 4.32. The molecule has 1 aliphatic heterocycles. The predicted molar refractivity (Wildman–Crippen MR) is 105 cm³/mol. The van der Waals surface area contributed by atoms with Crippen molar-refractivity contribution in [3.05, 3.63) is 24.0 Å². The van der Waals surface area contributed by atoms with Crippen LogP contribution >= 0.6 is 11.5 Å². The van der Waals surface area contributed by atoms with Gasteiger partial charge in [-0.1, -0.05) is 0 Å². The van der Waals surface area contributed by atoms with Gasteiger partial charge in [-0.05, 0) is 51.2 Å². The number of hydrogen-bond donors (Lipinski definition) is 0. The Balaban J connectivity index is 1.25. The highest BCUT2D eigenvalue weighted by molar-refractivity contribution is 7.09. The van der Waals surface area contributed by atoms with Crippen LogP contribution in [0.15, 0.2) is 22.6 Å². The zero-order valence-electron chi connectivity index (χ0n) is 15.7. The molecule has 1 saturated heterocycles. The van der Waals surface area contributed by atoms with E-state index in [4.69, 9.17) is 13.9 Å². The highest BCUT2D eigenvalue weighted by atomic mass is 32.1. The zero-order chi connectivity index (χ0) is 18.6. The van der Waals surface area contributed by atoms with Crippen LogP contribution in [0.4, 0.5) is 5.13 Å². The number of nitrogens with zero attached hydrogens (tertiary/aromatic N) is 4. The van der Waals surface area contributed by atoms with Crippen molar-refractivity contribution in [2.24, 2.45) is 5.92 Å². The summed E-state index contributed by atoms with van der Waals surface area (Å²) in [6, 6.07) is 5.71. The van der Waals surface area contributed by atoms with Crippen molar-refractivity contribution in [2.75, 3.05) is 31.2 Å². The lowest BCUT2D eigenvalue weighted by atomic mass is 9.94. The molecule has 1 fully saturated rings. The molecule has 0 amide bonds. The molecule has 0 aliphatic carbocycles. The summed E-state index contributed by atoms with van der Waals surface area (Å²) in [5.74, 6) is 2.36. The lowest BCUT2D eigenvalue weighted by Crippen LogP contribution is -2.34. The minimum absolute atomic E-state index is 0.307. The lowest BCUT2D eigenvalue weighted by Gasteiger charge is -2.31. The first-order chi connectivity index (χ1) is 13.2. The minimum Gasteiger partial charge on any atom is -0.493 e. The SMILES string of the molecule is CCOc1nc2ccc(OCCC3CCN(c4nc(C)ns4)CC3)cc2o1. The van der Waals surface area contributed by atoms with Gasteiger partial charge in [-0.2, -0.15) is 9.36 Å². The lowest BCUT2D eigenvalue weighted by molar-refractivity contribution is 0.250. The number of benzene rings is 1. The van der Waals surface area contributed by atoms with E-state index in [-0.39, 0.29) is 0 Å². The molecule has 7 nitrogen and oxygen atoms in total. The molecule has 2 aromatic heterocycles. The van der Waals surface area contributed by atoms with E-state index < -0.39 is 0 Å². The van der Waals surface area contributed by atoms with Crippen LogP contribution in [0.2, 0.25) is 0 Å². The highest BCUT2D eigenvalue weighted by Crippen LogP contribution is 2.28. The van der Waals surface area contributed by atoms with Gasteiger partial charge >= 0.3 is 6.08 Å². The monoisotopic (exact) mass is 388 g/mol. The van der Waals surface area contributed by atoms with E-state index in [0.29, 0.717) is 30.8 Å². The average Bonchev–Trinajstić information content (AvgIpc) is 3.28. The van der Waals surface area contributed by atoms with Crippen LogP contribution in [0, 0.1) is 12.8 Å². The number of hydrogen-bond acceptors (Lipinski definition) is 8. The second-order valence-corrected chi connectivity index (χ2v) is 7.46. The van der Waals surface area contributed by atoms with E-state index in [1.54, 1.807) is 0 Å². The van der Waals surface area contributed by atoms with Crippen LogP contribution in [0.3, 0.4) is 0 Å². The normalized spacial score (nSPS) is 15.4. The van der Waals surface area contributed by atoms with Crippen LogP contribution < -0.4 is 14.4 Å². The molecule has 0 radical (unpaired) electrons. The van der Waals surface area contributed by atoms with Crippen molar-refractivity contribution < 1.29 is 13.9 Å². The van der Waals surface area contributed by atoms with E-state index in [1.165, 1.54) is 24.4 Å². The van der Waals surface area contributed by atoms with Gasteiger partial charge in [0.15, 0.2) is 5.58 Å². The summed E-state index contributed by atoms with van der Waals surface area (Å²) in [6.45, 7) is 7.18. The molecule has 0 bridgehead atoms. The smallest absolute Gasteiger partial charge is 0.394 e. The van der Waals surface area contributed by atoms with Gasteiger partial charge in [0.1, 0.15) is 17.1 Å². The van der Waals surface area contributed by atoms with E-state index in [2.05, 4.69) is 19.2 Å². The Morgan fingerprint density at radius 2 is 2.07 bits per heavy atom. The molecule has 0 N–H and O–H groups in total. The minimum atomic E-state index is 0.307. The highest BCUT2D eigenvalue weighted by Gasteiger charge is 2.21. The van der Waals surface area contributed by atoms with Gasteiger partial charge in [0.05, 0.1) is 13.2 Å². The van der Waals surface area contributed by atoms with Crippen LogP contribution in [-0.2, 0) is 0 Å². The van der Waals surface area contributed by atoms with Crippen molar-refractivity contribution in [2.45, 2.75) is 33.1 Å². The van der Waals surface area contributed by atoms with Crippen molar-refractivity contribution in [1.82, 2.24) is 14.3 Å². The van der Waals surface area contributed by atoms with Crippen LogP contribution in [0.5, 0.6) is 11.8 Å². The van der Waals surface area contributed by atoms with Crippen molar-refractivity contribution in [3.63, 3.8) is 0 Å². The Morgan fingerprint density at radius 3 is 2.81 bits per heavy atom. The largest absolute Gasteiger partial charge is 0.493 e. The zero-order valence-corrected chi connectivity index (χ0v) is 16.5. The first-order valence-corrected chi connectivity index (χ1v) is 10.2. The van der Waals surface area contributed by atoms with Gasteiger partial charge in [0.2, 0.25) is 5.13 Å². The van der Waals surface area contributed by atoms with E-state index in [1.807, 2.05) is 32.0 Å². The van der Waals surface area contributed by atoms with Crippen LogP contribution in [0.25, 0.3) is 11.1 Å². The standard InChI is InChI=1S/C19H24N4O3S/c1-3-24-19-21-16-5-4-15(12-17(16)26-19)25-11-8-14-6-9-23(10-7-14)18-20-13(2)22-27-18/h4-5,12,14H,3,6-11H2,1-2H3. The molecule has 0 unspecified atom stereocenters. The fourth-order valence-corrected chi connectivity index (χ4v) is 4.06. The molecule has 8 heteroatoms. The average molecular weight is 388 g/mol. The Bertz CT molecular complexity index is 886. The molecule has 4 rings (SSSR count). The molecule has 3 aromatic rings. The van der Waals surface area contributed by atoms with Gasteiger partial charge in [0, 0.05) is 30.7 Å². The van der Waals surface area contributed by atoms with Crippen LogP contribution in [-0.4, -0.2) is 40.6 Å². The molecule has 1 aliphatic rings. The van der Waals surface area contributed by atoms with Gasteiger partial charge < -0.3 is 18.8 Å². The molecule has 0 atom stereocenters. The van der Waals surface area contributed by atoms with Crippen LogP contribution in [0.1, 0.15) is 32.0 Å². The summed E-state index contributed by atoms with van der Waals surface area (Å²) >= 11 is 1.50. The van der Waals surface area contributed by atoms with E-state index >= 15 is 0 Å². The Hall–Kier alpha value is -2.35. The van der Waals surface area contributed by atoms with Crippen molar-refractivity contribution >= 4 is 27.8 Å². The number of aromatic nitrogens is 3. The molecule has 1 aromatic carbocycles. The number of oxazole rings is 1. The molecule has 0 saturated carbocycles. The van der Waals surface area contributed by atoms with Crippen molar-refractivity contribution in [1.29, 1.82) is 0 Å². The maximum Gasteiger partial charge on any atom is 0.394 e. The molecule has 0 spiro atoms. The summed E-state index contributed by atoms with van der Waals surface area (Å²) in [7, 11) is 0. The third-order valence-electron chi connectivity index (χ3n) is 4.80. The number of ether oxygens (including phenoxy) is 2. The number of fused-ring (bicyclic) bond motifs is 1. The summed E-state index contributed by atoms with van der Waals surface area (Å²) in [6.07, 6.45) is 3.70. The number of piperidine rings is 1. The Morgan fingerprint density at radius 1 is 1.22 bits per heavy atom. The predicted octanol–water partition coefficient (Wildman–Crippen LogP) is 4.07. The quantitative estimate of drug-likeness (QED) is 0.604. The van der Waals surface area contributed by atoms with Gasteiger partial charge in [-0.15, -0.1) is 0 Å². The number of anilines is 1. The Kier molecular flexibility index (Phi) is 5.42. The maximum atomic E-state index is 5.94. The maximum absolute atomic E-state index is 5.94. The second kappa shape index (κ2) is 8.12. The van der Waals surface area contributed by atoms with E-state index in [9.17, 15) is 0 Å². The number of rotatable bonds is 7. The fourth-order valence-electron chi connectivity index (χ4n) is 3.33. The topological polar surface area (TPSA) is 73.5 Å². The third-order valence-corrected chi connectivity index (χ3v) is 5.67. The van der Waals surface area contributed by atoms with Gasteiger partial charge in [-0.25, -0.2) is 4.98 Å². The Labute approximate surface area is 162 Å². The summed E-state index contributed by atoms with van der Waals surface area (Å²) in [5, 5.41) is 1.05. The summed E-state index contributed by atoms with van der Waals surface area (Å²) in [4.78, 5) is 11.1. The van der Waals surface area contributed by atoms with E-state index in [0.717, 1.165) is 41.7 Å². The second-order valence-electron chi connectivity index (χ2n) is 6.73. The molecular formula is C19H24N4O3S. The van der Waals surface area contributed by atoms with Crippen molar-refractivity contribution in [3.8, 4) is 11.8 Å². The summed E-state index contributed by atoms with van der Waals surface area (Å²) in [5.41, 5.74) is 1.47. The van der Waals surface area contributed by atoms with Gasteiger partial charge in [-0.3, -0.25) is 0 Å². The fraction of sp³-hybridized carbons (Fsp3) is 0.526. The number of aryl methyl sites for hydroxylation is 1. The first kappa shape index (κ1) is 18.0. The molecule has 144 valence electrons. The van der Waals surface area contributed by atoms with Gasteiger partial charge in [0.25, 0.3) is 0 Å². The summed E-state index contributed by atoms with van der Waals surface area (Å²) < 4.78 is 21.1. The first-order valence-electron chi connectivity index (χ1n) is 9.42.